The summed E-state index contributed by atoms with van der Waals surface area (Å²) in [5, 5.41) is 0. The van der Waals surface area contributed by atoms with E-state index in [1.165, 1.54) is 5.56 Å². The van der Waals surface area contributed by atoms with Crippen molar-refractivity contribution in [3.05, 3.63) is 102 Å². The maximum absolute atomic E-state index is 13.4. The van der Waals surface area contributed by atoms with E-state index in [0.29, 0.717) is 23.1 Å². The van der Waals surface area contributed by atoms with Crippen molar-refractivity contribution in [2.75, 3.05) is 13.1 Å². The van der Waals surface area contributed by atoms with Gasteiger partial charge in [-0.15, -0.1) is 0 Å². The van der Waals surface area contributed by atoms with Gasteiger partial charge in [-0.3, -0.25) is 4.79 Å². The predicted molar refractivity (Wildman–Crippen MR) is 126 cm³/mol. The molecule has 5 rings (SSSR count). The topological polar surface area (TPSA) is 46.3 Å². The molecule has 1 aliphatic rings. The minimum atomic E-state index is 0.0539. The highest BCUT2D eigenvalue weighted by Crippen LogP contribution is 2.30. The Bertz CT molecular complexity index is 1180. The highest BCUT2D eigenvalue weighted by Gasteiger charge is 2.26. The molecule has 0 radical (unpaired) electrons. The number of amides is 1. The average molecular weight is 423 g/mol. The van der Waals surface area contributed by atoms with Gasteiger partial charge in [0.25, 0.3) is 5.91 Å². The van der Waals surface area contributed by atoms with Crippen LogP contribution < -0.4 is 0 Å². The van der Waals surface area contributed by atoms with E-state index >= 15 is 0 Å². The smallest absolute Gasteiger partial charge is 0.254 e. The van der Waals surface area contributed by atoms with Crippen molar-refractivity contribution in [3.8, 4) is 22.8 Å². The first-order valence-corrected chi connectivity index (χ1v) is 11.2. The lowest BCUT2D eigenvalue weighted by Gasteiger charge is -2.32. The van der Waals surface area contributed by atoms with Crippen LogP contribution in [0.5, 0.6) is 0 Å². The predicted octanol–water partition coefficient (Wildman–Crippen LogP) is 6.10. The molecule has 160 valence electrons. The number of likely N-dealkylation sites (tertiary alicyclic amines) is 1. The van der Waals surface area contributed by atoms with Crippen LogP contribution in [0.1, 0.15) is 28.8 Å². The van der Waals surface area contributed by atoms with Crippen molar-refractivity contribution >= 4 is 5.91 Å². The van der Waals surface area contributed by atoms with E-state index in [4.69, 9.17) is 4.42 Å². The van der Waals surface area contributed by atoms with E-state index in [0.717, 1.165) is 43.5 Å². The Kier molecular flexibility index (Phi) is 5.84. The van der Waals surface area contributed by atoms with E-state index in [2.05, 4.69) is 35.3 Å². The molecule has 0 N–H and O–H groups in total. The zero-order valence-electron chi connectivity index (χ0n) is 18.0. The summed E-state index contributed by atoms with van der Waals surface area (Å²) < 4.78 is 6.04. The van der Waals surface area contributed by atoms with Crippen molar-refractivity contribution < 1.29 is 9.21 Å². The molecule has 0 bridgehead atoms. The number of carbonyl (C=O) groups is 1. The lowest BCUT2D eigenvalue weighted by Crippen LogP contribution is -2.39. The normalized spacial score (nSPS) is 14.4. The third kappa shape index (κ3) is 4.35. The average Bonchev–Trinajstić information content (AvgIpc) is 3.36. The zero-order valence-corrected chi connectivity index (χ0v) is 18.0. The monoisotopic (exact) mass is 422 g/mol. The van der Waals surface area contributed by atoms with Gasteiger partial charge in [0.15, 0.2) is 5.76 Å². The minimum absolute atomic E-state index is 0.0539. The molecule has 1 aromatic heterocycles. The molecule has 0 unspecified atom stereocenters. The summed E-state index contributed by atoms with van der Waals surface area (Å²) in [6.07, 6.45) is 4.86. The maximum atomic E-state index is 13.4. The van der Waals surface area contributed by atoms with Gasteiger partial charge in [-0.1, -0.05) is 72.8 Å². The fourth-order valence-electron chi connectivity index (χ4n) is 4.45. The largest absolute Gasteiger partial charge is 0.436 e. The second-order valence-electron chi connectivity index (χ2n) is 8.37. The molecule has 4 nitrogen and oxygen atoms in total. The van der Waals surface area contributed by atoms with Crippen LogP contribution in [-0.4, -0.2) is 28.9 Å². The van der Waals surface area contributed by atoms with Crippen molar-refractivity contribution in [2.24, 2.45) is 5.92 Å². The Balaban J connectivity index is 1.30. The molecule has 32 heavy (non-hydrogen) atoms. The summed E-state index contributed by atoms with van der Waals surface area (Å²) in [6, 6.07) is 28.1. The van der Waals surface area contributed by atoms with Crippen LogP contribution in [0.2, 0.25) is 0 Å². The van der Waals surface area contributed by atoms with Gasteiger partial charge in [-0.05, 0) is 42.9 Å². The molecule has 1 saturated heterocycles. The first kappa shape index (κ1) is 20.3. The summed E-state index contributed by atoms with van der Waals surface area (Å²) in [5.74, 6) is 1.85. The van der Waals surface area contributed by atoms with E-state index in [-0.39, 0.29) is 5.91 Å². The van der Waals surface area contributed by atoms with Crippen LogP contribution in [0.4, 0.5) is 0 Å². The number of carbonyl (C=O) groups excluding carboxylic acids is 1. The SMILES string of the molecule is O=C(c1ccccc1-c1ncc(-c2ccccc2)o1)N1CCC(Cc2ccccc2)CC1. The van der Waals surface area contributed by atoms with Crippen LogP contribution in [0.25, 0.3) is 22.8 Å². The molecule has 0 atom stereocenters. The molecule has 0 saturated carbocycles. The van der Waals surface area contributed by atoms with Crippen molar-refractivity contribution in [3.63, 3.8) is 0 Å². The first-order chi connectivity index (χ1) is 15.8. The molecule has 4 heteroatoms. The summed E-state index contributed by atoms with van der Waals surface area (Å²) in [7, 11) is 0. The van der Waals surface area contributed by atoms with Gasteiger partial charge in [0, 0.05) is 24.2 Å². The number of oxazole rings is 1. The van der Waals surface area contributed by atoms with Gasteiger partial charge >= 0.3 is 0 Å². The molecule has 1 amide bonds. The fourth-order valence-corrected chi connectivity index (χ4v) is 4.45. The maximum Gasteiger partial charge on any atom is 0.254 e. The molecular weight excluding hydrogens is 396 g/mol. The van der Waals surface area contributed by atoms with Gasteiger partial charge in [0.1, 0.15) is 0 Å². The molecule has 2 heterocycles. The molecular formula is C28H26N2O2. The summed E-state index contributed by atoms with van der Waals surface area (Å²) in [6.45, 7) is 1.57. The van der Waals surface area contributed by atoms with Gasteiger partial charge in [0.05, 0.1) is 11.8 Å². The molecule has 0 aliphatic carbocycles. The van der Waals surface area contributed by atoms with E-state index in [1.54, 1.807) is 6.20 Å². The highest BCUT2D eigenvalue weighted by atomic mass is 16.4. The van der Waals surface area contributed by atoms with Crippen LogP contribution in [0.3, 0.4) is 0 Å². The zero-order chi connectivity index (χ0) is 21.8. The molecule has 4 aromatic rings. The number of aromatic nitrogens is 1. The van der Waals surface area contributed by atoms with E-state index in [1.807, 2.05) is 59.5 Å². The van der Waals surface area contributed by atoms with Gasteiger partial charge in [0.2, 0.25) is 5.89 Å². The van der Waals surface area contributed by atoms with Gasteiger partial charge in [-0.25, -0.2) is 4.98 Å². The van der Waals surface area contributed by atoms with Crippen molar-refractivity contribution in [1.82, 2.24) is 9.88 Å². The fraction of sp³-hybridized carbons (Fsp3) is 0.214. The van der Waals surface area contributed by atoms with Gasteiger partial charge in [-0.2, -0.15) is 0 Å². The first-order valence-electron chi connectivity index (χ1n) is 11.2. The number of hydrogen-bond donors (Lipinski definition) is 0. The van der Waals surface area contributed by atoms with E-state index in [9.17, 15) is 4.79 Å². The molecule has 0 spiro atoms. The quantitative estimate of drug-likeness (QED) is 0.390. The third-order valence-corrected chi connectivity index (χ3v) is 6.22. The Labute approximate surface area is 188 Å². The summed E-state index contributed by atoms with van der Waals surface area (Å²) in [4.78, 5) is 19.8. The summed E-state index contributed by atoms with van der Waals surface area (Å²) in [5.41, 5.74) is 3.73. The Morgan fingerprint density at radius 2 is 1.53 bits per heavy atom. The number of nitrogens with zero attached hydrogens (tertiary/aromatic N) is 2. The molecule has 1 aliphatic heterocycles. The van der Waals surface area contributed by atoms with E-state index < -0.39 is 0 Å². The highest BCUT2D eigenvalue weighted by molar-refractivity contribution is 6.00. The molecule has 3 aromatic carbocycles. The second kappa shape index (κ2) is 9.23. The third-order valence-electron chi connectivity index (χ3n) is 6.22. The van der Waals surface area contributed by atoms with Gasteiger partial charge < -0.3 is 9.32 Å². The number of rotatable bonds is 5. The van der Waals surface area contributed by atoms with Crippen LogP contribution >= 0.6 is 0 Å². The van der Waals surface area contributed by atoms with Crippen LogP contribution in [0.15, 0.2) is 95.5 Å². The Hall–Kier alpha value is -3.66. The number of benzene rings is 3. The molecule has 1 fully saturated rings. The second-order valence-corrected chi connectivity index (χ2v) is 8.37. The minimum Gasteiger partial charge on any atom is -0.436 e. The lowest BCUT2D eigenvalue weighted by molar-refractivity contribution is 0.0691. The summed E-state index contributed by atoms with van der Waals surface area (Å²) >= 11 is 0. The standard InChI is InChI=1S/C28H26N2O2/c31-28(30-17-15-22(16-18-30)19-21-9-3-1-4-10-21)25-14-8-7-13-24(25)27-29-20-26(32-27)23-11-5-2-6-12-23/h1-14,20,22H,15-19H2. The van der Waals surface area contributed by atoms with Crippen LogP contribution in [-0.2, 0) is 6.42 Å². The van der Waals surface area contributed by atoms with Crippen molar-refractivity contribution in [2.45, 2.75) is 19.3 Å². The Morgan fingerprint density at radius 1 is 0.875 bits per heavy atom. The number of piperidine rings is 1. The lowest BCUT2D eigenvalue weighted by atomic mass is 9.90. The van der Waals surface area contributed by atoms with Crippen LogP contribution in [0, 0.1) is 5.92 Å². The number of hydrogen-bond acceptors (Lipinski definition) is 3. The van der Waals surface area contributed by atoms with Crippen molar-refractivity contribution in [1.29, 1.82) is 0 Å². The Morgan fingerprint density at radius 3 is 2.28 bits per heavy atom.